The van der Waals surface area contributed by atoms with Crippen LogP contribution in [0.2, 0.25) is 0 Å². The highest BCUT2D eigenvalue weighted by atomic mass is 16.1. The second kappa shape index (κ2) is 5.32. The van der Waals surface area contributed by atoms with Gasteiger partial charge in [-0.3, -0.25) is 4.79 Å². The number of hydrogen-bond acceptors (Lipinski definition) is 2. The van der Waals surface area contributed by atoms with E-state index in [0.29, 0.717) is 12.3 Å². The van der Waals surface area contributed by atoms with Crippen molar-refractivity contribution in [3.8, 4) is 0 Å². The molecule has 2 N–H and O–H groups in total. The largest absolute Gasteiger partial charge is 0.327 e. The minimum atomic E-state index is -0.0727. The lowest BCUT2D eigenvalue weighted by molar-refractivity contribution is 0.0969. The predicted molar refractivity (Wildman–Crippen MR) is 75.7 cm³/mol. The van der Waals surface area contributed by atoms with Crippen LogP contribution < -0.4 is 5.73 Å². The summed E-state index contributed by atoms with van der Waals surface area (Å²) in [6, 6.07) is 13.7. The van der Waals surface area contributed by atoms with Crippen molar-refractivity contribution in [2.75, 3.05) is 0 Å². The van der Waals surface area contributed by atoms with E-state index in [1.54, 1.807) is 0 Å². The SMILES string of the molecule is CC(C)C(N)CC(=O)c1cccc2ccccc12. The predicted octanol–water partition coefficient (Wildman–Crippen LogP) is 3.40. The second-order valence-corrected chi connectivity index (χ2v) is 5.06. The minimum absolute atomic E-state index is 0.0727. The fraction of sp³-hybridized carbons (Fsp3) is 0.312. The van der Waals surface area contributed by atoms with Crippen molar-refractivity contribution < 1.29 is 4.79 Å². The van der Waals surface area contributed by atoms with Crippen LogP contribution in [0, 0.1) is 5.92 Å². The molecule has 94 valence electrons. The summed E-state index contributed by atoms with van der Waals surface area (Å²) in [7, 11) is 0. The first-order valence-electron chi connectivity index (χ1n) is 6.36. The highest BCUT2D eigenvalue weighted by Crippen LogP contribution is 2.20. The normalized spacial score (nSPS) is 12.9. The number of hydrogen-bond donors (Lipinski definition) is 1. The molecular weight excluding hydrogens is 222 g/mol. The number of carbonyl (C=O) groups excluding carboxylic acids is 1. The van der Waals surface area contributed by atoms with Gasteiger partial charge < -0.3 is 5.73 Å². The maximum absolute atomic E-state index is 12.3. The van der Waals surface area contributed by atoms with E-state index in [2.05, 4.69) is 0 Å². The van der Waals surface area contributed by atoms with Gasteiger partial charge in [-0.25, -0.2) is 0 Å². The quantitative estimate of drug-likeness (QED) is 0.834. The van der Waals surface area contributed by atoms with Gasteiger partial charge in [0, 0.05) is 18.0 Å². The molecule has 0 aliphatic heterocycles. The lowest BCUT2D eigenvalue weighted by atomic mass is 9.94. The fourth-order valence-electron chi connectivity index (χ4n) is 2.03. The first-order chi connectivity index (χ1) is 8.59. The standard InChI is InChI=1S/C16H19NO/c1-11(2)15(17)10-16(18)14-9-5-7-12-6-3-4-8-13(12)14/h3-9,11,15H,10,17H2,1-2H3. The third kappa shape index (κ3) is 2.59. The van der Waals surface area contributed by atoms with Crippen molar-refractivity contribution in [1.29, 1.82) is 0 Å². The number of carbonyl (C=O) groups is 1. The van der Waals surface area contributed by atoms with Gasteiger partial charge in [0.1, 0.15) is 0 Å². The maximum Gasteiger partial charge on any atom is 0.165 e. The van der Waals surface area contributed by atoms with Crippen LogP contribution in [0.4, 0.5) is 0 Å². The van der Waals surface area contributed by atoms with E-state index >= 15 is 0 Å². The van der Waals surface area contributed by atoms with E-state index in [1.807, 2.05) is 56.3 Å². The second-order valence-electron chi connectivity index (χ2n) is 5.06. The molecule has 1 unspecified atom stereocenters. The van der Waals surface area contributed by atoms with Crippen LogP contribution >= 0.6 is 0 Å². The average Bonchev–Trinajstić information content (AvgIpc) is 2.37. The molecule has 0 fully saturated rings. The Labute approximate surface area is 108 Å². The van der Waals surface area contributed by atoms with Crippen LogP contribution in [-0.4, -0.2) is 11.8 Å². The monoisotopic (exact) mass is 241 g/mol. The number of nitrogens with two attached hydrogens (primary N) is 1. The van der Waals surface area contributed by atoms with Crippen LogP contribution in [0.5, 0.6) is 0 Å². The van der Waals surface area contributed by atoms with Gasteiger partial charge in [0.2, 0.25) is 0 Å². The molecule has 0 aliphatic rings. The lowest BCUT2D eigenvalue weighted by Crippen LogP contribution is -2.29. The molecule has 0 amide bonds. The number of ketones is 1. The third-order valence-electron chi connectivity index (χ3n) is 3.37. The summed E-state index contributed by atoms with van der Waals surface area (Å²) in [4.78, 5) is 12.3. The van der Waals surface area contributed by atoms with E-state index in [0.717, 1.165) is 16.3 Å². The van der Waals surface area contributed by atoms with Crippen molar-refractivity contribution in [3.63, 3.8) is 0 Å². The molecule has 2 heteroatoms. The Morgan fingerprint density at radius 3 is 2.50 bits per heavy atom. The van der Waals surface area contributed by atoms with Gasteiger partial charge in [0.05, 0.1) is 0 Å². The summed E-state index contributed by atoms with van der Waals surface area (Å²) >= 11 is 0. The maximum atomic E-state index is 12.3. The van der Waals surface area contributed by atoms with E-state index in [9.17, 15) is 4.79 Å². The summed E-state index contributed by atoms with van der Waals surface area (Å²) in [6.07, 6.45) is 0.408. The molecule has 0 saturated carbocycles. The molecule has 1 atom stereocenters. The van der Waals surface area contributed by atoms with Gasteiger partial charge in [0.15, 0.2) is 5.78 Å². The van der Waals surface area contributed by atoms with Crippen molar-refractivity contribution in [1.82, 2.24) is 0 Å². The molecule has 0 bridgehead atoms. The smallest absolute Gasteiger partial charge is 0.165 e. The van der Waals surface area contributed by atoms with Crippen LogP contribution in [0.25, 0.3) is 10.8 Å². The molecule has 0 radical (unpaired) electrons. The van der Waals surface area contributed by atoms with Crippen LogP contribution in [0.3, 0.4) is 0 Å². The Hall–Kier alpha value is -1.67. The first kappa shape index (κ1) is 12.8. The third-order valence-corrected chi connectivity index (χ3v) is 3.37. The average molecular weight is 241 g/mol. The highest BCUT2D eigenvalue weighted by molar-refractivity contribution is 6.08. The lowest BCUT2D eigenvalue weighted by Gasteiger charge is -2.15. The zero-order chi connectivity index (χ0) is 13.1. The van der Waals surface area contributed by atoms with Crippen molar-refractivity contribution in [2.24, 2.45) is 11.7 Å². The summed E-state index contributed by atoms with van der Waals surface area (Å²) in [5, 5.41) is 2.11. The first-order valence-corrected chi connectivity index (χ1v) is 6.36. The molecule has 18 heavy (non-hydrogen) atoms. The van der Waals surface area contributed by atoms with Crippen LogP contribution in [-0.2, 0) is 0 Å². The number of fused-ring (bicyclic) bond motifs is 1. The summed E-state index contributed by atoms with van der Waals surface area (Å²) in [5.41, 5.74) is 6.76. The van der Waals surface area contributed by atoms with Crippen molar-refractivity contribution in [3.05, 3.63) is 48.0 Å². The Morgan fingerprint density at radius 1 is 1.11 bits per heavy atom. The van der Waals surface area contributed by atoms with Gasteiger partial charge in [0.25, 0.3) is 0 Å². The van der Waals surface area contributed by atoms with Gasteiger partial charge in [-0.2, -0.15) is 0 Å². The molecule has 0 spiro atoms. The Kier molecular flexibility index (Phi) is 3.78. The fourth-order valence-corrected chi connectivity index (χ4v) is 2.03. The zero-order valence-electron chi connectivity index (χ0n) is 10.9. The molecule has 2 rings (SSSR count). The van der Waals surface area contributed by atoms with E-state index in [1.165, 1.54) is 0 Å². The van der Waals surface area contributed by atoms with E-state index in [-0.39, 0.29) is 11.8 Å². The molecule has 2 aromatic rings. The number of Topliss-reactive ketones (excluding diaryl/α,β-unsaturated/α-hetero) is 1. The minimum Gasteiger partial charge on any atom is -0.327 e. The molecule has 0 aromatic heterocycles. The van der Waals surface area contributed by atoms with Crippen molar-refractivity contribution >= 4 is 16.6 Å². The number of benzene rings is 2. The number of rotatable bonds is 4. The molecular formula is C16H19NO. The van der Waals surface area contributed by atoms with Gasteiger partial charge in [-0.1, -0.05) is 56.3 Å². The summed E-state index contributed by atoms with van der Waals surface area (Å²) < 4.78 is 0. The van der Waals surface area contributed by atoms with Gasteiger partial charge in [-0.15, -0.1) is 0 Å². The van der Waals surface area contributed by atoms with Gasteiger partial charge >= 0.3 is 0 Å². The molecule has 2 nitrogen and oxygen atoms in total. The molecule has 2 aromatic carbocycles. The molecule has 0 saturated heterocycles. The van der Waals surface area contributed by atoms with Crippen LogP contribution in [0.1, 0.15) is 30.6 Å². The Morgan fingerprint density at radius 2 is 1.78 bits per heavy atom. The molecule has 0 aliphatic carbocycles. The Bertz CT molecular complexity index is 555. The topological polar surface area (TPSA) is 43.1 Å². The van der Waals surface area contributed by atoms with Crippen LogP contribution in [0.15, 0.2) is 42.5 Å². The summed E-state index contributed by atoms with van der Waals surface area (Å²) in [5.74, 6) is 0.455. The van der Waals surface area contributed by atoms with E-state index < -0.39 is 0 Å². The van der Waals surface area contributed by atoms with E-state index in [4.69, 9.17) is 5.73 Å². The van der Waals surface area contributed by atoms with Crippen molar-refractivity contribution in [2.45, 2.75) is 26.3 Å². The van der Waals surface area contributed by atoms with Gasteiger partial charge in [-0.05, 0) is 16.7 Å². The zero-order valence-corrected chi connectivity index (χ0v) is 10.9. The Balaban J connectivity index is 2.33. The summed E-state index contributed by atoms with van der Waals surface area (Å²) in [6.45, 7) is 4.09. The highest BCUT2D eigenvalue weighted by Gasteiger charge is 2.16. The molecule has 0 heterocycles.